The Kier molecular flexibility index (Phi) is 2.56. The first-order valence-corrected chi connectivity index (χ1v) is 4.64. The van der Waals surface area contributed by atoms with E-state index in [9.17, 15) is 0 Å². The van der Waals surface area contributed by atoms with Crippen LogP contribution in [0.4, 0.5) is 0 Å². The van der Waals surface area contributed by atoms with Gasteiger partial charge in [0.1, 0.15) is 12.2 Å². The third kappa shape index (κ3) is 1.71. The summed E-state index contributed by atoms with van der Waals surface area (Å²) in [6.07, 6.45) is 3.98. The maximum Gasteiger partial charge on any atom is 0.150 e. The van der Waals surface area contributed by atoms with E-state index in [2.05, 4.69) is 15.5 Å². The lowest BCUT2D eigenvalue weighted by atomic mass is 10.2. The molecule has 1 aromatic heterocycles. The molecular formula is C8H14N4O. The highest BCUT2D eigenvalue weighted by atomic mass is 16.3. The van der Waals surface area contributed by atoms with Gasteiger partial charge in [-0.15, -0.1) is 10.2 Å². The monoisotopic (exact) mass is 182 g/mol. The predicted molar refractivity (Wildman–Crippen MR) is 47.1 cm³/mol. The summed E-state index contributed by atoms with van der Waals surface area (Å²) in [7, 11) is 0. The molecule has 1 fully saturated rings. The van der Waals surface area contributed by atoms with Gasteiger partial charge < -0.3 is 15.0 Å². The fourth-order valence-corrected chi connectivity index (χ4v) is 1.72. The molecule has 1 aliphatic heterocycles. The topological polar surface area (TPSA) is 63.0 Å². The van der Waals surface area contributed by atoms with Crippen LogP contribution in [0, 0.1) is 0 Å². The van der Waals surface area contributed by atoms with Crippen molar-refractivity contribution in [3.05, 3.63) is 12.2 Å². The first-order valence-electron chi connectivity index (χ1n) is 4.64. The molecule has 0 aliphatic carbocycles. The molecule has 13 heavy (non-hydrogen) atoms. The molecule has 1 saturated heterocycles. The molecule has 72 valence electrons. The summed E-state index contributed by atoms with van der Waals surface area (Å²) in [5.41, 5.74) is 0. The molecule has 5 nitrogen and oxygen atoms in total. The summed E-state index contributed by atoms with van der Waals surface area (Å²) >= 11 is 0. The summed E-state index contributed by atoms with van der Waals surface area (Å²) in [6, 6.07) is 0.328. The number of hydrogen-bond donors (Lipinski definition) is 2. The van der Waals surface area contributed by atoms with Gasteiger partial charge in [-0.1, -0.05) is 0 Å². The molecule has 0 aromatic carbocycles. The maximum atomic E-state index is 8.81. The first kappa shape index (κ1) is 8.65. The largest absolute Gasteiger partial charge is 0.395 e. The second-order valence-electron chi connectivity index (χ2n) is 3.26. The molecule has 0 spiro atoms. The average Bonchev–Trinajstić information content (AvgIpc) is 2.71. The van der Waals surface area contributed by atoms with E-state index in [-0.39, 0.29) is 6.61 Å². The number of rotatable bonds is 3. The van der Waals surface area contributed by atoms with Gasteiger partial charge in [0.05, 0.1) is 12.6 Å². The standard InChI is InChI=1S/C8H14N4O/c13-5-4-12-6-10-11-8(12)7-2-1-3-9-7/h6-7,9,13H,1-5H2. The van der Waals surface area contributed by atoms with Crippen LogP contribution in [0.25, 0.3) is 0 Å². The number of nitrogens with zero attached hydrogens (tertiary/aromatic N) is 3. The minimum Gasteiger partial charge on any atom is -0.395 e. The molecule has 2 rings (SSSR count). The van der Waals surface area contributed by atoms with E-state index in [1.807, 2.05) is 4.57 Å². The van der Waals surface area contributed by atoms with Gasteiger partial charge in [-0.25, -0.2) is 0 Å². The van der Waals surface area contributed by atoms with Gasteiger partial charge in [-0.05, 0) is 19.4 Å². The molecule has 1 unspecified atom stereocenters. The highest BCUT2D eigenvalue weighted by Crippen LogP contribution is 2.20. The summed E-state index contributed by atoms with van der Waals surface area (Å²) < 4.78 is 1.91. The molecule has 5 heteroatoms. The van der Waals surface area contributed by atoms with Crippen LogP contribution in [0.2, 0.25) is 0 Å². The van der Waals surface area contributed by atoms with Gasteiger partial charge in [0.25, 0.3) is 0 Å². The van der Waals surface area contributed by atoms with Gasteiger partial charge in [-0.3, -0.25) is 0 Å². The number of aromatic nitrogens is 3. The first-order chi connectivity index (χ1) is 6.42. The van der Waals surface area contributed by atoms with Gasteiger partial charge in [-0.2, -0.15) is 0 Å². The molecule has 0 saturated carbocycles. The van der Waals surface area contributed by atoms with Gasteiger partial charge in [0, 0.05) is 6.54 Å². The zero-order valence-corrected chi connectivity index (χ0v) is 7.48. The summed E-state index contributed by atoms with van der Waals surface area (Å²) in [5, 5.41) is 20.1. The molecule has 2 heterocycles. The van der Waals surface area contributed by atoms with Crippen molar-refractivity contribution in [1.82, 2.24) is 20.1 Å². The van der Waals surface area contributed by atoms with Crippen molar-refractivity contribution < 1.29 is 5.11 Å². The fraction of sp³-hybridized carbons (Fsp3) is 0.750. The van der Waals surface area contributed by atoms with Crippen molar-refractivity contribution in [1.29, 1.82) is 0 Å². The van der Waals surface area contributed by atoms with Crippen molar-refractivity contribution in [3.8, 4) is 0 Å². The Hall–Kier alpha value is -0.940. The highest BCUT2D eigenvalue weighted by Gasteiger charge is 2.20. The third-order valence-corrected chi connectivity index (χ3v) is 2.36. The minimum atomic E-state index is 0.137. The summed E-state index contributed by atoms with van der Waals surface area (Å²) in [6.45, 7) is 1.77. The van der Waals surface area contributed by atoms with Crippen molar-refractivity contribution in [3.63, 3.8) is 0 Å². The van der Waals surface area contributed by atoms with E-state index in [1.54, 1.807) is 6.33 Å². The Balaban J connectivity index is 2.13. The van der Waals surface area contributed by atoms with Crippen molar-refractivity contribution >= 4 is 0 Å². The second kappa shape index (κ2) is 3.85. The fourth-order valence-electron chi connectivity index (χ4n) is 1.72. The molecule has 1 atom stereocenters. The van der Waals surface area contributed by atoms with E-state index in [0.29, 0.717) is 12.6 Å². The van der Waals surface area contributed by atoms with E-state index < -0.39 is 0 Å². The van der Waals surface area contributed by atoms with Crippen LogP contribution in [-0.2, 0) is 6.54 Å². The van der Waals surface area contributed by atoms with Crippen molar-refractivity contribution in [2.45, 2.75) is 25.4 Å². The molecule has 2 N–H and O–H groups in total. The molecule has 0 bridgehead atoms. The number of nitrogens with one attached hydrogen (secondary N) is 1. The quantitative estimate of drug-likeness (QED) is 0.673. The molecule has 1 aromatic rings. The lowest BCUT2D eigenvalue weighted by Crippen LogP contribution is -2.18. The number of aliphatic hydroxyl groups is 1. The van der Waals surface area contributed by atoms with E-state index >= 15 is 0 Å². The van der Waals surface area contributed by atoms with Crippen LogP contribution in [0.5, 0.6) is 0 Å². The van der Waals surface area contributed by atoms with Gasteiger partial charge in [0.2, 0.25) is 0 Å². The molecule has 0 amide bonds. The average molecular weight is 182 g/mol. The van der Waals surface area contributed by atoms with Crippen LogP contribution in [-0.4, -0.2) is 33.0 Å². The Morgan fingerprint density at radius 2 is 2.62 bits per heavy atom. The lowest BCUT2D eigenvalue weighted by molar-refractivity contribution is 0.272. The lowest BCUT2D eigenvalue weighted by Gasteiger charge is -2.10. The second-order valence-corrected chi connectivity index (χ2v) is 3.26. The SMILES string of the molecule is OCCn1cnnc1C1CCCN1. The summed E-state index contributed by atoms with van der Waals surface area (Å²) in [5.74, 6) is 0.951. The van der Waals surface area contributed by atoms with Crippen LogP contribution in [0.1, 0.15) is 24.7 Å². The zero-order valence-electron chi connectivity index (χ0n) is 7.48. The van der Waals surface area contributed by atoms with Crippen LogP contribution >= 0.6 is 0 Å². The molecule has 0 radical (unpaired) electrons. The van der Waals surface area contributed by atoms with Crippen LogP contribution < -0.4 is 5.32 Å². The third-order valence-electron chi connectivity index (χ3n) is 2.36. The number of aliphatic hydroxyl groups excluding tert-OH is 1. The smallest absolute Gasteiger partial charge is 0.150 e. The van der Waals surface area contributed by atoms with E-state index in [4.69, 9.17) is 5.11 Å². The predicted octanol–water partition coefficient (Wildman–Crippen LogP) is -0.305. The molecule has 1 aliphatic rings. The van der Waals surface area contributed by atoms with Crippen LogP contribution in [0.15, 0.2) is 6.33 Å². The molecular weight excluding hydrogens is 168 g/mol. The highest BCUT2D eigenvalue weighted by molar-refractivity contribution is 4.97. The van der Waals surface area contributed by atoms with Crippen LogP contribution in [0.3, 0.4) is 0 Å². The number of hydrogen-bond acceptors (Lipinski definition) is 4. The summed E-state index contributed by atoms with van der Waals surface area (Å²) in [4.78, 5) is 0. The van der Waals surface area contributed by atoms with Crippen molar-refractivity contribution in [2.24, 2.45) is 0 Å². The maximum absolute atomic E-state index is 8.81. The van der Waals surface area contributed by atoms with Crippen molar-refractivity contribution in [2.75, 3.05) is 13.2 Å². The van der Waals surface area contributed by atoms with Gasteiger partial charge >= 0.3 is 0 Å². The normalized spacial score (nSPS) is 22.4. The Morgan fingerprint density at radius 3 is 3.31 bits per heavy atom. The van der Waals surface area contributed by atoms with E-state index in [1.165, 1.54) is 6.42 Å². The minimum absolute atomic E-state index is 0.137. The van der Waals surface area contributed by atoms with E-state index in [0.717, 1.165) is 18.8 Å². The Morgan fingerprint density at radius 1 is 1.69 bits per heavy atom. The van der Waals surface area contributed by atoms with Gasteiger partial charge in [0.15, 0.2) is 0 Å². The zero-order chi connectivity index (χ0) is 9.10. The Bertz CT molecular complexity index is 267. The Labute approximate surface area is 76.8 Å².